The zero-order chi connectivity index (χ0) is 19.6. The number of hydrogen-bond donors (Lipinski definition) is 2. The number of methoxy groups -OCH3 is 2. The minimum atomic E-state index is 0. The van der Waals surface area contributed by atoms with Gasteiger partial charge in [0.25, 0.3) is 0 Å². The van der Waals surface area contributed by atoms with Gasteiger partial charge in [-0.15, -0.1) is 24.8 Å². The Hall–Kier alpha value is -1.14. The lowest BCUT2D eigenvalue weighted by molar-refractivity contribution is 0.0585. The van der Waals surface area contributed by atoms with E-state index >= 15 is 0 Å². The number of rotatable bonds is 4. The third-order valence-corrected chi connectivity index (χ3v) is 5.90. The van der Waals surface area contributed by atoms with Gasteiger partial charge in [0.2, 0.25) is 0 Å². The summed E-state index contributed by atoms with van der Waals surface area (Å²) in [5.74, 6) is 1.02. The van der Waals surface area contributed by atoms with Crippen molar-refractivity contribution in [2.75, 3.05) is 40.4 Å². The molecule has 2 aromatic rings. The average Bonchev–Trinajstić information content (AvgIpc) is 2.80. The summed E-state index contributed by atoms with van der Waals surface area (Å²) in [6, 6.07) is 21.2. The van der Waals surface area contributed by atoms with Crippen LogP contribution in [-0.4, -0.2) is 52.6 Å². The van der Waals surface area contributed by atoms with Gasteiger partial charge in [-0.2, -0.15) is 0 Å². The zero-order valence-electron chi connectivity index (χ0n) is 18.0. The number of ether oxygens (including phenoxy) is 2. The maximum absolute atomic E-state index is 5.52. The Kier molecular flexibility index (Phi) is 13.3. The molecule has 2 saturated heterocycles. The van der Waals surface area contributed by atoms with E-state index in [0.29, 0.717) is 24.0 Å². The standard InChI is InChI=1S/2C12H17NO.2ClH/c2*1-14-12-7-8-13-9-11(12)10-5-3-2-4-6-10;;/h2*2-6,11-13H,7-9H2,1H3;2*1H/t2*11-,12+;;/m00../s1. The molecule has 0 aliphatic carbocycles. The summed E-state index contributed by atoms with van der Waals surface area (Å²) >= 11 is 0. The minimum Gasteiger partial charge on any atom is -0.381 e. The predicted molar refractivity (Wildman–Crippen MR) is 129 cm³/mol. The third kappa shape index (κ3) is 7.52. The van der Waals surface area contributed by atoms with Crippen molar-refractivity contribution in [3.63, 3.8) is 0 Å². The number of hydrogen-bond acceptors (Lipinski definition) is 4. The summed E-state index contributed by atoms with van der Waals surface area (Å²) in [5, 5.41) is 6.84. The molecule has 168 valence electrons. The highest BCUT2D eigenvalue weighted by Crippen LogP contribution is 2.26. The van der Waals surface area contributed by atoms with Crippen LogP contribution in [0.4, 0.5) is 0 Å². The van der Waals surface area contributed by atoms with E-state index in [4.69, 9.17) is 9.47 Å². The first-order valence-electron chi connectivity index (χ1n) is 10.4. The molecule has 30 heavy (non-hydrogen) atoms. The molecule has 2 heterocycles. The summed E-state index contributed by atoms with van der Waals surface area (Å²) < 4.78 is 11.0. The second-order valence-electron chi connectivity index (χ2n) is 7.57. The highest BCUT2D eigenvalue weighted by molar-refractivity contribution is 5.85. The molecule has 0 aromatic heterocycles. The average molecular weight is 455 g/mol. The van der Waals surface area contributed by atoms with Crippen molar-refractivity contribution in [1.82, 2.24) is 10.6 Å². The molecule has 0 spiro atoms. The van der Waals surface area contributed by atoms with Crippen LogP contribution in [0.1, 0.15) is 35.8 Å². The highest BCUT2D eigenvalue weighted by atomic mass is 35.5. The first-order chi connectivity index (χ1) is 13.8. The normalized spacial score (nSPS) is 25.7. The van der Waals surface area contributed by atoms with Crippen molar-refractivity contribution in [2.24, 2.45) is 0 Å². The van der Waals surface area contributed by atoms with Gasteiger partial charge in [0.1, 0.15) is 0 Å². The van der Waals surface area contributed by atoms with Crippen LogP contribution < -0.4 is 10.6 Å². The zero-order valence-corrected chi connectivity index (χ0v) is 19.6. The van der Waals surface area contributed by atoms with E-state index in [1.54, 1.807) is 0 Å². The van der Waals surface area contributed by atoms with Crippen LogP contribution in [-0.2, 0) is 9.47 Å². The molecule has 6 heteroatoms. The van der Waals surface area contributed by atoms with E-state index in [9.17, 15) is 0 Å². The first-order valence-corrected chi connectivity index (χ1v) is 10.4. The molecule has 4 rings (SSSR count). The maximum atomic E-state index is 5.52. The summed E-state index contributed by atoms with van der Waals surface area (Å²) in [5.41, 5.74) is 2.76. The molecule has 2 fully saturated rings. The Morgan fingerprint density at radius 1 is 0.633 bits per heavy atom. The van der Waals surface area contributed by atoms with Crippen LogP contribution in [0.5, 0.6) is 0 Å². The molecule has 0 radical (unpaired) electrons. The summed E-state index contributed by atoms with van der Waals surface area (Å²) in [6.45, 7) is 4.20. The van der Waals surface area contributed by atoms with Gasteiger partial charge in [0.05, 0.1) is 12.2 Å². The van der Waals surface area contributed by atoms with Crippen LogP contribution in [0, 0.1) is 0 Å². The van der Waals surface area contributed by atoms with Gasteiger partial charge in [0.15, 0.2) is 0 Å². The smallest absolute Gasteiger partial charge is 0.0664 e. The van der Waals surface area contributed by atoms with Crippen molar-refractivity contribution in [1.29, 1.82) is 0 Å². The monoisotopic (exact) mass is 454 g/mol. The Morgan fingerprint density at radius 3 is 1.33 bits per heavy atom. The number of halogens is 2. The molecule has 0 unspecified atom stereocenters. The fraction of sp³-hybridized carbons (Fsp3) is 0.500. The van der Waals surface area contributed by atoms with Crippen molar-refractivity contribution in [2.45, 2.75) is 36.9 Å². The van der Waals surface area contributed by atoms with E-state index in [-0.39, 0.29) is 24.8 Å². The predicted octanol–water partition coefficient (Wildman–Crippen LogP) is 4.40. The van der Waals surface area contributed by atoms with Gasteiger partial charge >= 0.3 is 0 Å². The van der Waals surface area contributed by atoms with Gasteiger partial charge in [-0.1, -0.05) is 60.7 Å². The quantitative estimate of drug-likeness (QED) is 0.717. The fourth-order valence-corrected chi connectivity index (χ4v) is 4.30. The van der Waals surface area contributed by atoms with Gasteiger partial charge in [-0.25, -0.2) is 0 Å². The number of piperidine rings is 2. The van der Waals surface area contributed by atoms with Crippen molar-refractivity contribution in [3.8, 4) is 0 Å². The topological polar surface area (TPSA) is 42.5 Å². The van der Waals surface area contributed by atoms with Gasteiger partial charge in [-0.05, 0) is 37.1 Å². The SMILES string of the molecule is CO[C@@H]1CCNC[C@H]1c1ccccc1.CO[C@@H]1CCNC[C@H]1c1ccccc1.Cl.Cl. The Balaban J connectivity index is 0.000000281. The van der Waals surface area contributed by atoms with E-state index < -0.39 is 0 Å². The second kappa shape index (κ2) is 14.8. The molecule has 4 atom stereocenters. The highest BCUT2D eigenvalue weighted by Gasteiger charge is 2.26. The van der Waals surface area contributed by atoms with Crippen LogP contribution in [0.15, 0.2) is 60.7 Å². The summed E-state index contributed by atoms with van der Waals surface area (Å²) in [4.78, 5) is 0. The van der Waals surface area contributed by atoms with E-state index in [1.807, 2.05) is 14.2 Å². The molecule has 2 aliphatic rings. The Bertz CT molecular complexity index is 616. The van der Waals surface area contributed by atoms with Gasteiger partial charge in [-0.3, -0.25) is 0 Å². The molecule has 2 N–H and O–H groups in total. The molecule has 0 saturated carbocycles. The molecule has 2 aliphatic heterocycles. The van der Waals surface area contributed by atoms with Gasteiger partial charge in [0, 0.05) is 39.1 Å². The maximum Gasteiger partial charge on any atom is 0.0664 e. The summed E-state index contributed by atoms with van der Waals surface area (Å²) in [6.07, 6.45) is 2.96. The lowest BCUT2D eigenvalue weighted by Crippen LogP contribution is -2.39. The second-order valence-corrected chi connectivity index (χ2v) is 7.57. The van der Waals surface area contributed by atoms with Crippen LogP contribution >= 0.6 is 24.8 Å². The Morgan fingerprint density at radius 2 is 1.00 bits per heavy atom. The molecular formula is C24H36Cl2N2O2. The lowest BCUT2D eigenvalue weighted by Gasteiger charge is -2.31. The fourth-order valence-electron chi connectivity index (χ4n) is 4.30. The summed E-state index contributed by atoms with van der Waals surface area (Å²) in [7, 11) is 3.62. The largest absolute Gasteiger partial charge is 0.381 e. The van der Waals surface area contributed by atoms with Crippen LogP contribution in [0.25, 0.3) is 0 Å². The first kappa shape index (κ1) is 26.9. The van der Waals surface area contributed by atoms with Crippen LogP contribution in [0.2, 0.25) is 0 Å². The van der Waals surface area contributed by atoms with E-state index in [0.717, 1.165) is 39.0 Å². The Labute approximate surface area is 193 Å². The van der Waals surface area contributed by atoms with Crippen molar-refractivity contribution < 1.29 is 9.47 Å². The molecule has 0 bridgehead atoms. The van der Waals surface area contributed by atoms with E-state index in [2.05, 4.69) is 71.3 Å². The molecule has 2 aromatic carbocycles. The minimum absolute atomic E-state index is 0. The number of nitrogens with one attached hydrogen (secondary N) is 2. The molecule has 4 nitrogen and oxygen atoms in total. The van der Waals surface area contributed by atoms with E-state index in [1.165, 1.54) is 11.1 Å². The molecular weight excluding hydrogens is 419 g/mol. The third-order valence-electron chi connectivity index (χ3n) is 5.90. The van der Waals surface area contributed by atoms with Gasteiger partial charge < -0.3 is 20.1 Å². The van der Waals surface area contributed by atoms with Crippen LogP contribution in [0.3, 0.4) is 0 Å². The van der Waals surface area contributed by atoms with Crippen molar-refractivity contribution in [3.05, 3.63) is 71.8 Å². The lowest BCUT2D eigenvalue weighted by atomic mass is 9.89. The van der Waals surface area contributed by atoms with Crippen molar-refractivity contribution >= 4 is 24.8 Å². The number of benzene rings is 2. The molecule has 0 amide bonds.